The second kappa shape index (κ2) is 5.63. The van der Waals surface area contributed by atoms with Gasteiger partial charge in [-0.1, -0.05) is 12.1 Å². The summed E-state index contributed by atoms with van der Waals surface area (Å²) in [6.07, 6.45) is 2.15. The van der Waals surface area contributed by atoms with E-state index in [0.717, 1.165) is 11.0 Å². The van der Waals surface area contributed by atoms with Crippen LogP contribution in [0.4, 0.5) is 0 Å². The lowest BCUT2D eigenvalue weighted by Crippen LogP contribution is -2.39. The molecule has 1 aromatic carbocycles. The topological polar surface area (TPSA) is 58.4 Å². The van der Waals surface area contributed by atoms with Crippen molar-refractivity contribution in [2.45, 2.75) is 32.4 Å². The fourth-order valence-electron chi connectivity index (χ4n) is 2.26. The average molecular weight is 275 g/mol. The number of hydrogen-bond donors (Lipinski definition) is 1. The maximum Gasteiger partial charge on any atom is 0.224 e. The minimum Gasteiger partial charge on any atom is -0.389 e. The van der Waals surface area contributed by atoms with Crippen molar-refractivity contribution < 1.29 is 9.90 Å². The molecule has 0 spiro atoms. The molecule has 0 saturated heterocycles. The van der Waals surface area contributed by atoms with Crippen molar-refractivity contribution in [1.82, 2.24) is 14.5 Å². The number of aromatic nitrogens is 2. The second-order valence-corrected chi connectivity index (χ2v) is 5.74. The van der Waals surface area contributed by atoms with Crippen molar-refractivity contribution in [3.8, 4) is 0 Å². The minimum atomic E-state index is -0.869. The van der Waals surface area contributed by atoms with Gasteiger partial charge in [0.2, 0.25) is 5.91 Å². The first kappa shape index (κ1) is 14.5. The molecule has 1 amide bonds. The molecule has 20 heavy (non-hydrogen) atoms. The van der Waals surface area contributed by atoms with E-state index in [-0.39, 0.29) is 5.91 Å². The first-order valence-corrected chi connectivity index (χ1v) is 6.73. The SMILES string of the molecule is CN(CC(C)(C)O)C(=O)CCn1cnc2ccccc21. The van der Waals surface area contributed by atoms with Crippen LogP contribution in [0.15, 0.2) is 30.6 Å². The fraction of sp³-hybridized carbons (Fsp3) is 0.467. The zero-order valence-corrected chi connectivity index (χ0v) is 12.2. The number of hydrogen-bond acceptors (Lipinski definition) is 3. The van der Waals surface area contributed by atoms with Gasteiger partial charge in [-0.15, -0.1) is 0 Å². The summed E-state index contributed by atoms with van der Waals surface area (Å²) in [6, 6.07) is 7.85. The van der Waals surface area contributed by atoms with Crippen molar-refractivity contribution in [3.05, 3.63) is 30.6 Å². The molecule has 2 rings (SSSR count). The quantitative estimate of drug-likeness (QED) is 0.902. The molecule has 5 nitrogen and oxygen atoms in total. The number of benzene rings is 1. The molecule has 0 fully saturated rings. The molecule has 1 N–H and O–H groups in total. The van der Waals surface area contributed by atoms with E-state index in [9.17, 15) is 9.90 Å². The summed E-state index contributed by atoms with van der Waals surface area (Å²) in [5, 5.41) is 9.72. The third-order valence-corrected chi connectivity index (χ3v) is 3.14. The lowest BCUT2D eigenvalue weighted by Gasteiger charge is -2.25. The molecule has 0 aliphatic heterocycles. The Hall–Kier alpha value is -1.88. The summed E-state index contributed by atoms with van der Waals surface area (Å²) in [7, 11) is 1.71. The van der Waals surface area contributed by atoms with Crippen LogP contribution in [0.1, 0.15) is 20.3 Å². The van der Waals surface area contributed by atoms with Crippen molar-refractivity contribution in [1.29, 1.82) is 0 Å². The maximum absolute atomic E-state index is 12.0. The number of carbonyl (C=O) groups is 1. The molecule has 0 aliphatic carbocycles. The van der Waals surface area contributed by atoms with Gasteiger partial charge in [0, 0.05) is 26.6 Å². The van der Waals surface area contributed by atoms with Gasteiger partial charge in [-0.05, 0) is 26.0 Å². The van der Waals surface area contributed by atoms with Crippen molar-refractivity contribution in [3.63, 3.8) is 0 Å². The first-order valence-electron chi connectivity index (χ1n) is 6.73. The second-order valence-electron chi connectivity index (χ2n) is 5.74. The van der Waals surface area contributed by atoms with Gasteiger partial charge in [0.1, 0.15) is 0 Å². The van der Waals surface area contributed by atoms with E-state index in [4.69, 9.17) is 0 Å². The molecule has 1 heterocycles. The number of aliphatic hydroxyl groups is 1. The van der Waals surface area contributed by atoms with Gasteiger partial charge in [-0.3, -0.25) is 4.79 Å². The van der Waals surface area contributed by atoms with Gasteiger partial charge in [-0.25, -0.2) is 4.98 Å². The predicted octanol–water partition coefficient (Wildman–Crippen LogP) is 1.66. The number of nitrogens with zero attached hydrogens (tertiary/aromatic N) is 3. The number of amides is 1. The molecular formula is C15H21N3O2. The number of likely N-dealkylation sites (N-methyl/N-ethyl adjacent to an activating group) is 1. The summed E-state index contributed by atoms with van der Waals surface area (Å²) in [4.78, 5) is 17.9. The Labute approximate surface area is 118 Å². The Kier molecular flexibility index (Phi) is 4.09. The Morgan fingerprint density at radius 2 is 2.10 bits per heavy atom. The van der Waals surface area contributed by atoms with E-state index >= 15 is 0 Å². The molecule has 5 heteroatoms. The Morgan fingerprint density at radius 3 is 2.80 bits per heavy atom. The molecule has 0 unspecified atom stereocenters. The number of fused-ring (bicyclic) bond motifs is 1. The Balaban J connectivity index is 1.97. The van der Waals surface area contributed by atoms with Gasteiger partial charge in [0.25, 0.3) is 0 Å². The molecule has 0 radical (unpaired) electrons. The van der Waals surface area contributed by atoms with E-state index in [1.807, 2.05) is 28.8 Å². The van der Waals surface area contributed by atoms with Gasteiger partial charge < -0.3 is 14.6 Å². The smallest absolute Gasteiger partial charge is 0.224 e. The monoisotopic (exact) mass is 275 g/mol. The molecular weight excluding hydrogens is 254 g/mol. The van der Waals surface area contributed by atoms with Gasteiger partial charge >= 0.3 is 0 Å². The van der Waals surface area contributed by atoms with Crippen LogP contribution in [0.25, 0.3) is 11.0 Å². The summed E-state index contributed by atoms with van der Waals surface area (Å²) in [6.45, 7) is 4.31. The number of imidazole rings is 1. The highest BCUT2D eigenvalue weighted by Gasteiger charge is 2.19. The zero-order chi connectivity index (χ0) is 14.8. The maximum atomic E-state index is 12.0. The Bertz CT molecular complexity index is 598. The lowest BCUT2D eigenvalue weighted by molar-refractivity contribution is -0.132. The van der Waals surface area contributed by atoms with Crippen molar-refractivity contribution >= 4 is 16.9 Å². The number of rotatable bonds is 5. The van der Waals surface area contributed by atoms with Crippen LogP contribution < -0.4 is 0 Å². The highest BCUT2D eigenvalue weighted by atomic mass is 16.3. The number of aryl methyl sites for hydroxylation is 1. The summed E-state index contributed by atoms with van der Waals surface area (Å²) < 4.78 is 1.98. The van der Waals surface area contributed by atoms with Gasteiger partial charge in [-0.2, -0.15) is 0 Å². The number of carbonyl (C=O) groups excluding carboxylic acids is 1. The fourth-order valence-corrected chi connectivity index (χ4v) is 2.26. The third-order valence-electron chi connectivity index (χ3n) is 3.14. The van der Waals surface area contributed by atoms with Crippen molar-refractivity contribution in [2.24, 2.45) is 0 Å². The zero-order valence-electron chi connectivity index (χ0n) is 12.2. The van der Waals surface area contributed by atoms with Crippen LogP contribution in [-0.4, -0.2) is 44.7 Å². The van der Waals surface area contributed by atoms with E-state index in [2.05, 4.69) is 4.98 Å². The van der Waals surface area contributed by atoms with Crippen LogP contribution in [0.2, 0.25) is 0 Å². The lowest BCUT2D eigenvalue weighted by atomic mass is 10.1. The normalized spacial score (nSPS) is 11.8. The largest absolute Gasteiger partial charge is 0.389 e. The molecule has 0 bridgehead atoms. The van der Waals surface area contributed by atoms with E-state index in [0.29, 0.717) is 19.5 Å². The van der Waals surface area contributed by atoms with Crippen LogP contribution in [-0.2, 0) is 11.3 Å². The minimum absolute atomic E-state index is 0.0184. The highest BCUT2D eigenvalue weighted by Crippen LogP contribution is 2.12. The summed E-state index contributed by atoms with van der Waals surface area (Å²) in [5.41, 5.74) is 1.10. The van der Waals surface area contributed by atoms with E-state index in [1.54, 1.807) is 32.1 Å². The first-order chi connectivity index (χ1) is 9.37. The molecule has 1 aromatic heterocycles. The third kappa shape index (κ3) is 3.57. The molecule has 0 saturated carbocycles. The predicted molar refractivity (Wildman–Crippen MR) is 78.3 cm³/mol. The van der Waals surface area contributed by atoms with E-state index < -0.39 is 5.60 Å². The van der Waals surface area contributed by atoms with Gasteiger partial charge in [0.15, 0.2) is 0 Å². The van der Waals surface area contributed by atoms with E-state index in [1.165, 1.54) is 0 Å². The van der Waals surface area contributed by atoms with Gasteiger partial charge in [0.05, 0.1) is 23.0 Å². The molecule has 0 atom stereocenters. The highest BCUT2D eigenvalue weighted by molar-refractivity contribution is 5.77. The average Bonchev–Trinajstić information content (AvgIpc) is 2.77. The molecule has 0 aliphatic rings. The molecule has 2 aromatic rings. The van der Waals surface area contributed by atoms with Crippen molar-refractivity contribution in [2.75, 3.05) is 13.6 Å². The Morgan fingerprint density at radius 1 is 1.40 bits per heavy atom. The summed E-state index contributed by atoms with van der Waals surface area (Å²) in [5.74, 6) is 0.0184. The van der Waals surface area contributed by atoms with Crippen LogP contribution >= 0.6 is 0 Å². The summed E-state index contributed by atoms with van der Waals surface area (Å²) >= 11 is 0. The van der Waals surface area contributed by atoms with Crippen LogP contribution in [0.5, 0.6) is 0 Å². The standard InChI is InChI=1S/C15H21N3O2/c1-15(2,20)10-17(3)14(19)8-9-18-11-16-12-6-4-5-7-13(12)18/h4-7,11,20H,8-10H2,1-3H3. The molecule has 108 valence electrons. The number of para-hydroxylation sites is 2. The van der Waals surface area contributed by atoms with Crippen LogP contribution in [0, 0.1) is 0 Å². The van der Waals surface area contributed by atoms with Crippen LogP contribution in [0.3, 0.4) is 0 Å².